The molecule has 0 radical (unpaired) electrons. The summed E-state index contributed by atoms with van der Waals surface area (Å²) in [5.74, 6) is -0.0553. The topological polar surface area (TPSA) is 20.3 Å². The maximum absolute atomic E-state index is 12.1. The van der Waals surface area contributed by atoms with Crippen molar-refractivity contribution < 1.29 is 4.79 Å². The average molecular weight is 288 g/mol. The number of para-hydroxylation sites is 1. The highest BCUT2D eigenvalue weighted by atomic mass is 35.5. The van der Waals surface area contributed by atoms with Crippen molar-refractivity contribution in [3.8, 4) is 0 Å². The Kier molecular flexibility index (Phi) is 5.19. The van der Waals surface area contributed by atoms with Crippen molar-refractivity contribution in [1.29, 1.82) is 0 Å². The molecule has 0 bridgehead atoms. The summed E-state index contributed by atoms with van der Waals surface area (Å²) in [7, 11) is 0. The first-order chi connectivity index (χ1) is 9.72. The number of carbonyl (C=O) groups is 1. The van der Waals surface area contributed by atoms with E-state index in [9.17, 15) is 4.79 Å². The molecule has 0 atom stereocenters. The third-order valence-corrected chi connectivity index (χ3v) is 3.52. The van der Waals surface area contributed by atoms with E-state index in [1.54, 1.807) is 4.90 Å². The maximum atomic E-state index is 12.1. The monoisotopic (exact) mass is 287 g/mol. The Bertz CT molecular complexity index is 568. The van der Waals surface area contributed by atoms with Gasteiger partial charge in [0.05, 0.1) is 0 Å². The molecule has 3 heteroatoms. The number of hydrogen-bond donors (Lipinski definition) is 0. The third kappa shape index (κ3) is 3.61. The van der Waals surface area contributed by atoms with Gasteiger partial charge < -0.3 is 4.90 Å². The number of alkyl halides is 1. The molecule has 2 aromatic carbocycles. The van der Waals surface area contributed by atoms with Crippen LogP contribution in [0.15, 0.2) is 54.6 Å². The van der Waals surface area contributed by atoms with Crippen LogP contribution in [0.25, 0.3) is 0 Å². The lowest BCUT2D eigenvalue weighted by Crippen LogP contribution is -2.34. The van der Waals surface area contributed by atoms with Crippen molar-refractivity contribution >= 4 is 23.2 Å². The van der Waals surface area contributed by atoms with Gasteiger partial charge in [-0.25, -0.2) is 0 Å². The van der Waals surface area contributed by atoms with Gasteiger partial charge in [-0.05, 0) is 30.5 Å². The van der Waals surface area contributed by atoms with E-state index in [2.05, 4.69) is 12.1 Å². The summed E-state index contributed by atoms with van der Waals surface area (Å²) in [6.07, 6.45) is 0.817. The minimum Gasteiger partial charge on any atom is -0.311 e. The van der Waals surface area contributed by atoms with Gasteiger partial charge in [0, 0.05) is 12.2 Å². The fourth-order valence-corrected chi connectivity index (χ4v) is 2.35. The van der Waals surface area contributed by atoms with E-state index in [1.165, 1.54) is 5.56 Å². The van der Waals surface area contributed by atoms with Crippen molar-refractivity contribution in [3.05, 3.63) is 65.7 Å². The molecule has 2 rings (SSSR count). The predicted molar refractivity (Wildman–Crippen MR) is 84.4 cm³/mol. The molecule has 1 amide bonds. The molecule has 0 saturated carbocycles. The first-order valence-corrected chi connectivity index (χ1v) is 7.21. The molecule has 0 unspecified atom stereocenters. The Balaban J connectivity index is 2.17. The molecule has 0 aliphatic rings. The quantitative estimate of drug-likeness (QED) is 0.766. The second-order valence-corrected chi connectivity index (χ2v) is 4.97. The summed E-state index contributed by atoms with van der Waals surface area (Å²) in [5, 5.41) is 0. The number of hydrogen-bond acceptors (Lipinski definition) is 1. The van der Waals surface area contributed by atoms with Crippen molar-refractivity contribution in [2.75, 3.05) is 17.3 Å². The second kappa shape index (κ2) is 7.11. The van der Waals surface area contributed by atoms with Gasteiger partial charge in [0.2, 0.25) is 5.91 Å². The van der Waals surface area contributed by atoms with Gasteiger partial charge in [-0.2, -0.15) is 0 Å². The minimum absolute atomic E-state index is 0.00310. The highest BCUT2D eigenvalue weighted by Crippen LogP contribution is 2.20. The molecule has 104 valence electrons. The Labute approximate surface area is 125 Å². The summed E-state index contributed by atoms with van der Waals surface area (Å²) in [5.41, 5.74) is 3.24. The van der Waals surface area contributed by atoms with Crippen LogP contribution < -0.4 is 4.90 Å². The van der Waals surface area contributed by atoms with Crippen LogP contribution in [-0.2, 0) is 11.2 Å². The summed E-state index contributed by atoms with van der Waals surface area (Å²) in [6, 6.07) is 18.0. The van der Waals surface area contributed by atoms with E-state index < -0.39 is 0 Å². The molecule has 0 N–H and O–H groups in total. The molecule has 0 aliphatic heterocycles. The van der Waals surface area contributed by atoms with Gasteiger partial charge in [0.1, 0.15) is 5.88 Å². The molecule has 0 fully saturated rings. The number of nitrogens with zero attached hydrogens (tertiary/aromatic N) is 1. The van der Waals surface area contributed by atoms with Gasteiger partial charge in [0.15, 0.2) is 0 Å². The van der Waals surface area contributed by atoms with Crippen LogP contribution in [-0.4, -0.2) is 18.3 Å². The third-order valence-electron chi connectivity index (χ3n) is 3.29. The van der Waals surface area contributed by atoms with E-state index in [0.717, 1.165) is 17.7 Å². The summed E-state index contributed by atoms with van der Waals surface area (Å²) in [6.45, 7) is 2.65. The van der Waals surface area contributed by atoms with E-state index >= 15 is 0 Å². The van der Waals surface area contributed by atoms with Crippen molar-refractivity contribution in [1.82, 2.24) is 0 Å². The standard InChI is InChI=1S/C17H18ClNO/c1-14-7-5-6-10-16(14)19(17(20)13-18)12-11-15-8-3-2-4-9-15/h2-10H,11-13H2,1H3. The molecule has 0 saturated heterocycles. The van der Waals surface area contributed by atoms with Crippen molar-refractivity contribution in [2.45, 2.75) is 13.3 Å². The molecule has 0 spiro atoms. The van der Waals surface area contributed by atoms with E-state index in [0.29, 0.717) is 6.54 Å². The van der Waals surface area contributed by atoms with Crippen molar-refractivity contribution in [2.24, 2.45) is 0 Å². The molecule has 0 aliphatic carbocycles. The Morgan fingerprint density at radius 3 is 2.35 bits per heavy atom. The first kappa shape index (κ1) is 14.6. The highest BCUT2D eigenvalue weighted by Gasteiger charge is 2.16. The van der Waals surface area contributed by atoms with Crippen LogP contribution in [0, 0.1) is 6.92 Å². The highest BCUT2D eigenvalue weighted by molar-refractivity contribution is 6.29. The SMILES string of the molecule is Cc1ccccc1N(CCc1ccccc1)C(=O)CCl. The Morgan fingerprint density at radius 1 is 1.05 bits per heavy atom. The van der Waals surface area contributed by atoms with Gasteiger partial charge in [-0.15, -0.1) is 11.6 Å². The lowest BCUT2D eigenvalue weighted by atomic mass is 10.1. The zero-order valence-electron chi connectivity index (χ0n) is 11.6. The van der Waals surface area contributed by atoms with Gasteiger partial charge in [-0.3, -0.25) is 4.79 Å². The average Bonchev–Trinajstić information content (AvgIpc) is 2.50. The first-order valence-electron chi connectivity index (χ1n) is 6.68. The van der Waals surface area contributed by atoms with Crippen molar-refractivity contribution in [3.63, 3.8) is 0 Å². The molecular weight excluding hydrogens is 270 g/mol. The predicted octanol–water partition coefficient (Wildman–Crippen LogP) is 3.81. The number of rotatable bonds is 5. The second-order valence-electron chi connectivity index (χ2n) is 4.70. The number of carbonyl (C=O) groups excluding carboxylic acids is 1. The fraction of sp³-hybridized carbons (Fsp3) is 0.235. The zero-order chi connectivity index (χ0) is 14.4. The minimum atomic E-state index is -0.0584. The fourth-order valence-electron chi connectivity index (χ4n) is 2.20. The molecule has 0 aromatic heterocycles. The number of anilines is 1. The van der Waals surface area contributed by atoms with Crippen LogP contribution in [0.5, 0.6) is 0 Å². The zero-order valence-corrected chi connectivity index (χ0v) is 12.3. The normalized spacial score (nSPS) is 10.3. The van der Waals surface area contributed by atoms with Crippen LogP contribution >= 0.6 is 11.6 Å². The number of halogens is 1. The lowest BCUT2D eigenvalue weighted by molar-refractivity contribution is -0.116. The van der Waals surface area contributed by atoms with Crippen LogP contribution in [0.3, 0.4) is 0 Å². The molecule has 2 nitrogen and oxygen atoms in total. The van der Waals surface area contributed by atoms with E-state index in [1.807, 2.05) is 49.4 Å². The number of benzene rings is 2. The number of amides is 1. The van der Waals surface area contributed by atoms with E-state index in [4.69, 9.17) is 11.6 Å². The molecular formula is C17H18ClNO. The van der Waals surface area contributed by atoms with Gasteiger partial charge in [0.25, 0.3) is 0 Å². The van der Waals surface area contributed by atoms with Crippen LogP contribution in [0.1, 0.15) is 11.1 Å². The van der Waals surface area contributed by atoms with Crippen LogP contribution in [0.2, 0.25) is 0 Å². The number of aryl methyl sites for hydroxylation is 1. The smallest absolute Gasteiger partial charge is 0.241 e. The summed E-state index contributed by atoms with van der Waals surface area (Å²) >= 11 is 5.74. The van der Waals surface area contributed by atoms with Gasteiger partial charge in [-0.1, -0.05) is 48.5 Å². The largest absolute Gasteiger partial charge is 0.311 e. The van der Waals surface area contributed by atoms with Gasteiger partial charge >= 0.3 is 0 Å². The summed E-state index contributed by atoms with van der Waals surface area (Å²) < 4.78 is 0. The lowest BCUT2D eigenvalue weighted by Gasteiger charge is -2.23. The summed E-state index contributed by atoms with van der Waals surface area (Å²) in [4.78, 5) is 13.9. The molecule has 20 heavy (non-hydrogen) atoms. The van der Waals surface area contributed by atoms with Crippen LogP contribution in [0.4, 0.5) is 5.69 Å². The molecule has 2 aromatic rings. The Morgan fingerprint density at radius 2 is 1.70 bits per heavy atom. The Hall–Kier alpha value is -1.80. The van der Waals surface area contributed by atoms with E-state index in [-0.39, 0.29) is 11.8 Å². The molecule has 0 heterocycles. The maximum Gasteiger partial charge on any atom is 0.241 e.